The van der Waals surface area contributed by atoms with E-state index in [1.807, 2.05) is 6.07 Å². The molecule has 2 nitrogen and oxygen atoms in total. The predicted octanol–water partition coefficient (Wildman–Crippen LogP) is 2.94. The Hall–Kier alpha value is -1.02. The molecule has 2 heteroatoms. The summed E-state index contributed by atoms with van der Waals surface area (Å²) in [6.45, 7) is 7.51. The molecule has 1 saturated heterocycles. The van der Waals surface area contributed by atoms with Crippen LogP contribution >= 0.6 is 0 Å². The topological polar surface area (TPSA) is 21.3 Å². The number of benzene rings is 1. The van der Waals surface area contributed by atoms with Crippen molar-refractivity contribution in [3.63, 3.8) is 0 Å². The van der Waals surface area contributed by atoms with E-state index in [9.17, 15) is 0 Å². The molecule has 1 N–H and O–H groups in total. The van der Waals surface area contributed by atoms with E-state index in [-0.39, 0.29) is 6.10 Å². The molecule has 2 unspecified atom stereocenters. The van der Waals surface area contributed by atoms with Gasteiger partial charge in [0.15, 0.2) is 0 Å². The first-order chi connectivity index (χ1) is 7.66. The van der Waals surface area contributed by atoms with Crippen LogP contribution in [0.1, 0.15) is 38.7 Å². The third-order valence-electron chi connectivity index (χ3n) is 3.18. The monoisotopic (exact) mass is 219 g/mol. The summed E-state index contributed by atoms with van der Waals surface area (Å²) in [5, 5.41) is 3.49. The predicted molar refractivity (Wildman–Crippen MR) is 67.0 cm³/mol. The smallest absolute Gasteiger partial charge is 0.119 e. The van der Waals surface area contributed by atoms with Crippen molar-refractivity contribution < 1.29 is 4.74 Å². The van der Waals surface area contributed by atoms with Gasteiger partial charge in [0.05, 0.1) is 6.10 Å². The minimum absolute atomic E-state index is 0.245. The van der Waals surface area contributed by atoms with Gasteiger partial charge in [-0.3, -0.25) is 0 Å². The van der Waals surface area contributed by atoms with Gasteiger partial charge in [-0.25, -0.2) is 0 Å². The lowest BCUT2D eigenvalue weighted by Gasteiger charge is -2.17. The summed E-state index contributed by atoms with van der Waals surface area (Å²) < 4.78 is 5.73. The Morgan fingerprint density at radius 3 is 2.81 bits per heavy atom. The van der Waals surface area contributed by atoms with Crippen LogP contribution in [-0.4, -0.2) is 18.7 Å². The molecule has 2 rings (SSSR count). The molecule has 1 aromatic rings. The quantitative estimate of drug-likeness (QED) is 0.844. The van der Waals surface area contributed by atoms with E-state index in [1.54, 1.807) is 0 Å². The fraction of sp³-hybridized carbons (Fsp3) is 0.571. The van der Waals surface area contributed by atoms with Crippen LogP contribution in [0.15, 0.2) is 24.3 Å². The minimum atomic E-state index is 0.245. The maximum atomic E-state index is 5.73. The van der Waals surface area contributed by atoms with Crippen LogP contribution in [0.2, 0.25) is 0 Å². The molecule has 0 bridgehead atoms. The van der Waals surface area contributed by atoms with Crippen LogP contribution in [-0.2, 0) is 0 Å². The van der Waals surface area contributed by atoms with Gasteiger partial charge in [0.2, 0.25) is 0 Å². The maximum Gasteiger partial charge on any atom is 0.119 e. The van der Waals surface area contributed by atoms with Gasteiger partial charge in [-0.05, 0) is 51.4 Å². The van der Waals surface area contributed by atoms with Crippen molar-refractivity contribution in [1.29, 1.82) is 0 Å². The van der Waals surface area contributed by atoms with Crippen LogP contribution in [0.3, 0.4) is 0 Å². The average molecular weight is 219 g/mol. The maximum absolute atomic E-state index is 5.73. The molecule has 1 fully saturated rings. The SMILES string of the molecule is CC(C)Oc1cccc(C2CCNC2C)c1. The van der Waals surface area contributed by atoms with Crippen molar-refractivity contribution in [3.8, 4) is 5.75 Å². The normalized spacial score (nSPS) is 25.0. The fourth-order valence-corrected chi connectivity index (χ4v) is 2.40. The highest BCUT2D eigenvalue weighted by Crippen LogP contribution is 2.29. The molecule has 0 aromatic heterocycles. The largest absolute Gasteiger partial charge is 0.491 e. The van der Waals surface area contributed by atoms with Gasteiger partial charge < -0.3 is 10.1 Å². The van der Waals surface area contributed by atoms with E-state index in [4.69, 9.17) is 4.74 Å². The fourth-order valence-electron chi connectivity index (χ4n) is 2.40. The highest BCUT2D eigenvalue weighted by atomic mass is 16.5. The van der Waals surface area contributed by atoms with Crippen molar-refractivity contribution in [2.24, 2.45) is 0 Å². The highest BCUT2D eigenvalue weighted by molar-refractivity contribution is 5.32. The lowest BCUT2D eigenvalue weighted by atomic mass is 9.93. The second-order valence-corrected chi connectivity index (χ2v) is 4.88. The third-order valence-corrected chi connectivity index (χ3v) is 3.18. The van der Waals surface area contributed by atoms with E-state index < -0.39 is 0 Å². The summed E-state index contributed by atoms with van der Waals surface area (Å²) in [7, 11) is 0. The van der Waals surface area contributed by atoms with Crippen LogP contribution < -0.4 is 10.1 Å². The van der Waals surface area contributed by atoms with E-state index in [2.05, 4.69) is 44.3 Å². The molecule has 1 heterocycles. The number of rotatable bonds is 3. The standard InChI is InChI=1S/C14H21NO/c1-10(2)16-13-6-4-5-12(9-13)14-7-8-15-11(14)3/h4-6,9-11,14-15H,7-8H2,1-3H3. The zero-order valence-corrected chi connectivity index (χ0v) is 10.4. The van der Waals surface area contributed by atoms with Gasteiger partial charge in [0, 0.05) is 12.0 Å². The molecule has 0 saturated carbocycles. The van der Waals surface area contributed by atoms with Crippen LogP contribution in [0.5, 0.6) is 5.75 Å². The Balaban J connectivity index is 2.15. The average Bonchev–Trinajstić information content (AvgIpc) is 2.64. The Labute approximate surface area is 98.0 Å². The molecule has 16 heavy (non-hydrogen) atoms. The molecule has 2 atom stereocenters. The molecule has 0 radical (unpaired) electrons. The van der Waals surface area contributed by atoms with Gasteiger partial charge in [-0.1, -0.05) is 12.1 Å². The van der Waals surface area contributed by atoms with Crippen LogP contribution in [0.25, 0.3) is 0 Å². The third kappa shape index (κ3) is 2.56. The van der Waals surface area contributed by atoms with Crippen molar-refractivity contribution in [2.45, 2.75) is 45.3 Å². The summed E-state index contributed by atoms with van der Waals surface area (Å²) in [6.07, 6.45) is 1.47. The molecule has 0 amide bonds. The van der Waals surface area contributed by atoms with Gasteiger partial charge in [-0.15, -0.1) is 0 Å². The number of hydrogen-bond acceptors (Lipinski definition) is 2. The van der Waals surface area contributed by atoms with E-state index >= 15 is 0 Å². The number of ether oxygens (including phenoxy) is 1. The first kappa shape index (κ1) is 11.5. The molecule has 1 aliphatic heterocycles. The number of hydrogen-bond donors (Lipinski definition) is 1. The summed E-state index contributed by atoms with van der Waals surface area (Å²) in [5.74, 6) is 1.63. The first-order valence-electron chi connectivity index (χ1n) is 6.17. The van der Waals surface area contributed by atoms with Gasteiger partial charge in [-0.2, -0.15) is 0 Å². The summed E-state index contributed by atoms with van der Waals surface area (Å²) in [4.78, 5) is 0. The van der Waals surface area contributed by atoms with Crippen molar-refractivity contribution in [3.05, 3.63) is 29.8 Å². The van der Waals surface area contributed by atoms with Gasteiger partial charge in [0.1, 0.15) is 5.75 Å². The molecule has 0 spiro atoms. The molecular weight excluding hydrogens is 198 g/mol. The van der Waals surface area contributed by atoms with Gasteiger partial charge in [0.25, 0.3) is 0 Å². The van der Waals surface area contributed by atoms with E-state index in [0.717, 1.165) is 12.3 Å². The van der Waals surface area contributed by atoms with Crippen LogP contribution in [0, 0.1) is 0 Å². The molecule has 1 aliphatic rings. The molecule has 1 aromatic carbocycles. The second kappa shape index (κ2) is 4.88. The molecule has 0 aliphatic carbocycles. The summed E-state index contributed by atoms with van der Waals surface area (Å²) in [5.41, 5.74) is 1.40. The van der Waals surface area contributed by atoms with Crippen molar-refractivity contribution in [2.75, 3.05) is 6.54 Å². The van der Waals surface area contributed by atoms with Crippen molar-refractivity contribution >= 4 is 0 Å². The van der Waals surface area contributed by atoms with Crippen LogP contribution in [0.4, 0.5) is 0 Å². The number of nitrogens with one attached hydrogen (secondary N) is 1. The van der Waals surface area contributed by atoms with Crippen molar-refractivity contribution in [1.82, 2.24) is 5.32 Å². The Kier molecular flexibility index (Phi) is 3.49. The lowest BCUT2D eigenvalue weighted by molar-refractivity contribution is 0.242. The lowest BCUT2D eigenvalue weighted by Crippen LogP contribution is -2.21. The zero-order chi connectivity index (χ0) is 11.5. The second-order valence-electron chi connectivity index (χ2n) is 4.88. The Morgan fingerprint density at radius 2 is 2.19 bits per heavy atom. The van der Waals surface area contributed by atoms with Gasteiger partial charge >= 0.3 is 0 Å². The summed E-state index contributed by atoms with van der Waals surface area (Å²) >= 11 is 0. The Bertz CT molecular complexity index is 348. The van der Waals surface area contributed by atoms with E-state index in [1.165, 1.54) is 12.0 Å². The highest BCUT2D eigenvalue weighted by Gasteiger charge is 2.24. The first-order valence-corrected chi connectivity index (χ1v) is 6.17. The Morgan fingerprint density at radius 1 is 1.38 bits per heavy atom. The van der Waals surface area contributed by atoms with E-state index in [0.29, 0.717) is 12.0 Å². The summed E-state index contributed by atoms with van der Waals surface area (Å²) in [6, 6.07) is 9.11. The zero-order valence-electron chi connectivity index (χ0n) is 10.4. The minimum Gasteiger partial charge on any atom is -0.491 e. The molecular formula is C14H21NO. The molecule has 88 valence electrons.